The number of hydrogen-bond acceptors (Lipinski definition) is 3. The molecule has 3 N–H and O–H groups in total. The lowest BCUT2D eigenvalue weighted by Gasteiger charge is -2.06. The van der Waals surface area contributed by atoms with Crippen molar-refractivity contribution in [3.8, 4) is 0 Å². The van der Waals surface area contributed by atoms with E-state index in [1.807, 2.05) is 6.07 Å². The Bertz CT molecular complexity index is 724. The molecule has 0 amide bonds. The Labute approximate surface area is 123 Å². The number of benzene rings is 1. The number of hydrogen-bond donors (Lipinski definition) is 3. The molecule has 8 heteroatoms. The van der Waals surface area contributed by atoms with Gasteiger partial charge in [0, 0.05) is 15.5 Å². The van der Waals surface area contributed by atoms with Gasteiger partial charge in [-0.25, -0.2) is 13.2 Å². The monoisotopic (exact) mass is 392 g/mol. The van der Waals surface area contributed by atoms with Crippen molar-refractivity contribution in [3.63, 3.8) is 0 Å². The van der Waals surface area contributed by atoms with Crippen molar-refractivity contribution in [1.29, 1.82) is 0 Å². The summed E-state index contributed by atoms with van der Waals surface area (Å²) in [7, 11) is -3.79. The molecule has 0 atom stereocenters. The highest BCUT2D eigenvalue weighted by Crippen LogP contribution is 2.18. The average Bonchev–Trinajstić information content (AvgIpc) is 2.78. The Hall–Kier alpha value is -1.55. The third kappa shape index (κ3) is 3.26. The number of aromatic carboxylic acids is 1. The zero-order valence-corrected chi connectivity index (χ0v) is 12.4. The van der Waals surface area contributed by atoms with Crippen LogP contribution >= 0.6 is 22.6 Å². The van der Waals surface area contributed by atoms with Crippen molar-refractivity contribution in [2.45, 2.75) is 4.90 Å². The molecular weight excluding hydrogens is 383 g/mol. The summed E-state index contributed by atoms with van der Waals surface area (Å²) < 4.78 is 27.3. The number of sulfonamides is 1. The molecule has 0 aliphatic heterocycles. The van der Waals surface area contributed by atoms with Crippen LogP contribution in [-0.4, -0.2) is 24.5 Å². The van der Waals surface area contributed by atoms with Crippen molar-refractivity contribution in [2.24, 2.45) is 0 Å². The molecule has 2 aromatic rings. The fraction of sp³-hybridized carbons (Fsp3) is 0. The molecule has 0 saturated heterocycles. The first-order valence-electron chi connectivity index (χ1n) is 5.08. The summed E-state index contributed by atoms with van der Waals surface area (Å²) in [5.41, 5.74) is 0.244. The third-order valence-electron chi connectivity index (χ3n) is 2.27. The van der Waals surface area contributed by atoms with Gasteiger partial charge in [-0.1, -0.05) is 6.07 Å². The summed E-state index contributed by atoms with van der Waals surface area (Å²) in [5, 5.41) is 8.74. The molecule has 100 valence electrons. The van der Waals surface area contributed by atoms with Crippen LogP contribution in [0.25, 0.3) is 0 Å². The Morgan fingerprint density at radius 2 is 2.05 bits per heavy atom. The number of halogens is 1. The van der Waals surface area contributed by atoms with E-state index in [-0.39, 0.29) is 10.6 Å². The summed E-state index contributed by atoms with van der Waals surface area (Å²) >= 11 is 2.07. The predicted octanol–water partition coefficient (Wildman–Crippen LogP) is 2.12. The Morgan fingerprint density at radius 1 is 1.32 bits per heavy atom. The van der Waals surface area contributed by atoms with Crippen molar-refractivity contribution >= 4 is 44.3 Å². The SMILES string of the molecule is O=C(O)c1cc(S(=O)(=O)Nc2cccc(I)c2)c[nH]1. The van der Waals surface area contributed by atoms with E-state index in [4.69, 9.17) is 5.11 Å². The van der Waals surface area contributed by atoms with Crippen LogP contribution < -0.4 is 4.72 Å². The van der Waals surface area contributed by atoms with E-state index in [1.54, 1.807) is 18.2 Å². The molecule has 0 aliphatic carbocycles. The van der Waals surface area contributed by atoms with E-state index in [9.17, 15) is 13.2 Å². The van der Waals surface area contributed by atoms with Gasteiger partial charge in [0.15, 0.2) is 0 Å². The van der Waals surface area contributed by atoms with E-state index in [0.29, 0.717) is 5.69 Å². The highest BCUT2D eigenvalue weighted by Gasteiger charge is 2.18. The van der Waals surface area contributed by atoms with Crippen molar-refractivity contribution < 1.29 is 18.3 Å². The topological polar surface area (TPSA) is 99.3 Å². The minimum Gasteiger partial charge on any atom is -0.477 e. The largest absolute Gasteiger partial charge is 0.477 e. The minimum absolute atomic E-state index is 0.122. The van der Waals surface area contributed by atoms with Gasteiger partial charge < -0.3 is 10.1 Å². The number of carboxylic acids is 1. The van der Waals surface area contributed by atoms with Gasteiger partial charge in [0.2, 0.25) is 0 Å². The van der Waals surface area contributed by atoms with E-state index in [2.05, 4.69) is 32.3 Å². The van der Waals surface area contributed by atoms with Gasteiger partial charge in [0.1, 0.15) is 10.6 Å². The second-order valence-electron chi connectivity index (χ2n) is 3.67. The maximum Gasteiger partial charge on any atom is 0.352 e. The molecule has 0 unspecified atom stereocenters. The number of carboxylic acid groups (broad SMARTS) is 1. The number of carbonyl (C=O) groups is 1. The number of H-pyrrole nitrogens is 1. The van der Waals surface area contributed by atoms with Crippen LogP contribution in [0.2, 0.25) is 0 Å². The molecule has 0 spiro atoms. The summed E-state index contributed by atoms with van der Waals surface area (Å²) in [6.07, 6.45) is 1.14. The zero-order chi connectivity index (χ0) is 14.0. The fourth-order valence-corrected chi connectivity index (χ4v) is 3.00. The molecule has 6 nitrogen and oxygen atoms in total. The summed E-state index contributed by atoms with van der Waals surface area (Å²) in [4.78, 5) is 13.0. The molecule has 19 heavy (non-hydrogen) atoms. The highest BCUT2D eigenvalue weighted by atomic mass is 127. The molecular formula is C11H9IN2O4S. The molecule has 1 aromatic carbocycles. The average molecular weight is 392 g/mol. The fourth-order valence-electron chi connectivity index (χ4n) is 1.42. The number of anilines is 1. The van der Waals surface area contributed by atoms with Crippen LogP contribution in [0.5, 0.6) is 0 Å². The number of rotatable bonds is 4. The lowest BCUT2D eigenvalue weighted by molar-refractivity contribution is 0.0691. The summed E-state index contributed by atoms with van der Waals surface area (Å²) in [6.45, 7) is 0. The molecule has 0 aliphatic rings. The van der Waals surface area contributed by atoms with E-state index in [0.717, 1.165) is 15.8 Å². The van der Waals surface area contributed by atoms with Gasteiger partial charge in [-0.05, 0) is 46.9 Å². The summed E-state index contributed by atoms with van der Waals surface area (Å²) in [5.74, 6) is -1.21. The maximum absolute atomic E-state index is 12.0. The quantitative estimate of drug-likeness (QED) is 0.695. The van der Waals surface area contributed by atoms with Crippen LogP contribution in [0.4, 0.5) is 5.69 Å². The number of aromatic amines is 1. The highest BCUT2D eigenvalue weighted by molar-refractivity contribution is 14.1. The van der Waals surface area contributed by atoms with Crippen LogP contribution in [0.15, 0.2) is 41.4 Å². The molecule has 0 saturated carbocycles. The molecule has 0 radical (unpaired) electrons. The predicted molar refractivity (Wildman–Crippen MR) is 77.7 cm³/mol. The molecule has 0 fully saturated rings. The standard InChI is InChI=1S/C11H9IN2O4S/c12-7-2-1-3-8(4-7)14-19(17,18)9-5-10(11(15)16)13-6-9/h1-6,13-14H,(H,15,16). The van der Waals surface area contributed by atoms with E-state index >= 15 is 0 Å². The van der Waals surface area contributed by atoms with Gasteiger partial charge >= 0.3 is 5.97 Å². The first kappa shape index (κ1) is 13.9. The number of aromatic nitrogens is 1. The molecule has 0 bridgehead atoms. The smallest absolute Gasteiger partial charge is 0.352 e. The minimum atomic E-state index is -3.79. The van der Waals surface area contributed by atoms with Gasteiger partial charge in [-0.2, -0.15) is 0 Å². The zero-order valence-electron chi connectivity index (χ0n) is 9.42. The van der Waals surface area contributed by atoms with E-state index < -0.39 is 16.0 Å². The molecule has 1 aromatic heterocycles. The Morgan fingerprint density at radius 3 is 2.63 bits per heavy atom. The first-order chi connectivity index (χ1) is 8.88. The van der Waals surface area contributed by atoms with Gasteiger partial charge in [0.25, 0.3) is 10.0 Å². The third-order valence-corrected chi connectivity index (χ3v) is 4.31. The lowest BCUT2D eigenvalue weighted by Crippen LogP contribution is -2.12. The molecule has 2 rings (SSSR count). The van der Waals surface area contributed by atoms with Crippen LogP contribution in [0.1, 0.15) is 10.5 Å². The van der Waals surface area contributed by atoms with Crippen LogP contribution in [0.3, 0.4) is 0 Å². The first-order valence-corrected chi connectivity index (χ1v) is 7.65. The van der Waals surface area contributed by atoms with Crippen molar-refractivity contribution in [2.75, 3.05) is 4.72 Å². The Balaban J connectivity index is 2.29. The molecule has 1 heterocycles. The maximum atomic E-state index is 12.0. The second-order valence-corrected chi connectivity index (χ2v) is 6.60. The van der Waals surface area contributed by atoms with Gasteiger partial charge in [-0.3, -0.25) is 4.72 Å². The van der Waals surface area contributed by atoms with E-state index in [1.165, 1.54) is 0 Å². The number of nitrogens with one attached hydrogen (secondary N) is 2. The van der Waals surface area contributed by atoms with Crippen molar-refractivity contribution in [3.05, 3.63) is 45.8 Å². The van der Waals surface area contributed by atoms with Crippen molar-refractivity contribution in [1.82, 2.24) is 4.98 Å². The second kappa shape index (κ2) is 5.21. The Kier molecular flexibility index (Phi) is 3.80. The van der Waals surface area contributed by atoms with Gasteiger partial charge in [0.05, 0.1) is 0 Å². The summed E-state index contributed by atoms with van der Waals surface area (Å²) in [6, 6.07) is 7.91. The normalized spacial score (nSPS) is 11.2. The van der Waals surface area contributed by atoms with Crippen LogP contribution in [0, 0.1) is 3.57 Å². The lowest BCUT2D eigenvalue weighted by atomic mass is 10.3. The van der Waals surface area contributed by atoms with Crippen LogP contribution in [-0.2, 0) is 10.0 Å². The van der Waals surface area contributed by atoms with Gasteiger partial charge in [-0.15, -0.1) is 0 Å².